The molecule has 2 fully saturated rings. The molecule has 2 saturated heterocycles. The summed E-state index contributed by atoms with van der Waals surface area (Å²) in [7, 11) is 0. The third-order valence-corrected chi connectivity index (χ3v) is 8.50. The summed E-state index contributed by atoms with van der Waals surface area (Å²) >= 11 is 1.81. The van der Waals surface area contributed by atoms with E-state index >= 15 is 0 Å². The predicted octanol–water partition coefficient (Wildman–Crippen LogP) is 4.17. The lowest BCUT2D eigenvalue weighted by molar-refractivity contribution is -0.0837. The van der Waals surface area contributed by atoms with Crippen LogP contribution in [0.2, 0.25) is 0 Å². The van der Waals surface area contributed by atoms with Crippen LogP contribution in [0, 0.1) is 11.3 Å². The molecule has 1 aromatic carbocycles. The van der Waals surface area contributed by atoms with Gasteiger partial charge in [0.1, 0.15) is 6.33 Å². The molecule has 3 aromatic heterocycles. The van der Waals surface area contributed by atoms with E-state index in [1.54, 1.807) is 6.33 Å². The number of nitrogens with zero attached hydrogens (tertiary/aromatic N) is 6. The molecule has 9 heteroatoms. The molecule has 0 radical (unpaired) electrons. The van der Waals surface area contributed by atoms with Crippen molar-refractivity contribution in [3.8, 4) is 6.07 Å². The molecule has 36 heavy (non-hydrogen) atoms. The van der Waals surface area contributed by atoms with Gasteiger partial charge in [-0.1, -0.05) is 12.1 Å². The van der Waals surface area contributed by atoms with E-state index in [1.165, 1.54) is 15.8 Å². The van der Waals surface area contributed by atoms with Crippen LogP contribution >= 0.6 is 11.3 Å². The molecule has 2 aliphatic rings. The van der Waals surface area contributed by atoms with Gasteiger partial charge in [0.15, 0.2) is 0 Å². The first-order chi connectivity index (χ1) is 17.8. The van der Waals surface area contributed by atoms with Crippen molar-refractivity contribution >= 4 is 32.5 Å². The maximum absolute atomic E-state index is 8.89. The van der Waals surface area contributed by atoms with Crippen molar-refractivity contribution in [3.63, 3.8) is 0 Å². The Kier molecular flexibility index (Phi) is 6.94. The SMILES string of the molecule is N#CCCCN1CCN(C(c2cc3ncncc3s2)N2CCOC(c3cccc4[nH]ccc34)C2)CC1. The van der Waals surface area contributed by atoms with E-state index in [0.29, 0.717) is 13.0 Å². The molecule has 2 unspecified atom stereocenters. The fourth-order valence-electron chi connectivity index (χ4n) is 5.61. The van der Waals surface area contributed by atoms with Gasteiger partial charge in [-0.25, -0.2) is 9.97 Å². The number of nitriles is 1. The van der Waals surface area contributed by atoms with Gasteiger partial charge < -0.3 is 14.6 Å². The molecule has 5 heterocycles. The highest BCUT2D eigenvalue weighted by Crippen LogP contribution is 2.38. The van der Waals surface area contributed by atoms with Gasteiger partial charge in [0, 0.05) is 73.9 Å². The van der Waals surface area contributed by atoms with E-state index in [0.717, 1.165) is 68.0 Å². The Morgan fingerprint density at radius 1 is 1.17 bits per heavy atom. The molecule has 2 atom stereocenters. The predicted molar refractivity (Wildman–Crippen MR) is 142 cm³/mol. The van der Waals surface area contributed by atoms with E-state index in [9.17, 15) is 0 Å². The minimum atomic E-state index is 0.0298. The normalized spacial score (nSPS) is 21.1. The van der Waals surface area contributed by atoms with Crippen molar-refractivity contribution in [2.24, 2.45) is 0 Å². The Labute approximate surface area is 215 Å². The van der Waals surface area contributed by atoms with Gasteiger partial charge in [-0.15, -0.1) is 11.3 Å². The average Bonchev–Trinajstić information content (AvgIpc) is 3.57. The Hall–Kier alpha value is -2.87. The molecule has 0 amide bonds. The van der Waals surface area contributed by atoms with Crippen LogP contribution in [0.4, 0.5) is 0 Å². The number of hydrogen-bond acceptors (Lipinski definition) is 8. The maximum Gasteiger partial charge on any atom is 0.116 e. The number of rotatable bonds is 7. The standard InChI is InChI=1S/C27H31N7OS/c28-7-1-2-9-32-10-12-33(13-11-32)27(25-16-23-26(36-25)17-29-19-31-23)34-14-15-35-24(18-34)21-4-3-5-22-20(21)6-8-30-22/h3-6,8,16-17,19,24,27,30H,1-2,9-15,18H2. The fraction of sp³-hybridized carbons (Fsp3) is 0.444. The molecule has 1 N–H and O–H groups in total. The topological polar surface area (TPSA) is 84.3 Å². The summed E-state index contributed by atoms with van der Waals surface area (Å²) in [6.45, 7) is 7.53. The number of fused-ring (bicyclic) bond motifs is 2. The van der Waals surface area contributed by atoms with Gasteiger partial charge >= 0.3 is 0 Å². The minimum absolute atomic E-state index is 0.0298. The molecule has 2 aliphatic heterocycles. The van der Waals surface area contributed by atoms with Crippen molar-refractivity contribution in [2.75, 3.05) is 52.4 Å². The number of thiophene rings is 1. The van der Waals surface area contributed by atoms with Crippen LogP contribution in [-0.4, -0.2) is 82.1 Å². The second kappa shape index (κ2) is 10.6. The lowest BCUT2D eigenvalue weighted by atomic mass is 10.0. The van der Waals surface area contributed by atoms with E-state index in [-0.39, 0.29) is 12.3 Å². The first-order valence-electron chi connectivity index (χ1n) is 12.7. The van der Waals surface area contributed by atoms with Gasteiger partial charge in [0.05, 0.1) is 35.2 Å². The van der Waals surface area contributed by atoms with Crippen molar-refractivity contribution in [1.82, 2.24) is 29.7 Å². The summed E-state index contributed by atoms with van der Waals surface area (Å²) in [5, 5.41) is 10.1. The van der Waals surface area contributed by atoms with Gasteiger partial charge in [0.2, 0.25) is 0 Å². The van der Waals surface area contributed by atoms with E-state index < -0.39 is 0 Å². The van der Waals surface area contributed by atoms with Gasteiger partial charge in [-0.05, 0) is 36.7 Å². The Bertz CT molecular complexity index is 1320. The molecular weight excluding hydrogens is 470 g/mol. The maximum atomic E-state index is 8.89. The number of ether oxygens (including phenoxy) is 1. The number of unbranched alkanes of at least 4 members (excludes halogenated alkanes) is 1. The highest BCUT2D eigenvalue weighted by Gasteiger charge is 2.35. The van der Waals surface area contributed by atoms with E-state index in [4.69, 9.17) is 10.00 Å². The van der Waals surface area contributed by atoms with Gasteiger partial charge in [-0.3, -0.25) is 9.80 Å². The summed E-state index contributed by atoms with van der Waals surface area (Å²) in [4.78, 5) is 21.1. The molecule has 8 nitrogen and oxygen atoms in total. The van der Waals surface area contributed by atoms with Crippen LogP contribution in [0.25, 0.3) is 21.1 Å². The lowest BCUT2D eigenvalue weighted by Crippen LogP contribution is -2.53. The van der Waals surface area contributed by atoms with Crippen LogP contribution < -0.4 is 0 Å². The summed E-state index contributed by atoms with van der Waals surface area (Å²) in [6, 6.07) is 13.1. The molecule has 0 saturated carbocycles. The number of H-pyrrole nitrogens is 1. The Balaban J connectivity index is 1.27. The molecule has 0 spiro atoms. The first kappa shape index (κ1) is 23.5. The summed E-state index contributed by atoms with van der Waals surface area (Å²) in [6.07, 6.45) is 7.36. The van der Waals surface area contributed by atoms with Crippen molar-refractivity contribution < 1.29 is 4.74 Å². The largest absolute Gasteiger partial charge is 0.371 e. The number of aromatic nitrogens is 3. The third kappa shape index (κ3) is 4.75. The third-order valence-electron chi connectivity index (χ3n) is 7.40. The smallest absolute Gasteiger partial charge is 0.116 e. The van der Waals surface area contributed by atoms with Gasteiger partial charge in [0.25, 0.3) is 0 Å². The second-order valence-electron chi connectivity index (χ2n) is 9.57. The summed E-state index contributed by atoms with van der Waals surface area (Å²) < 4.78 is 7.48. The number of nitrogens with one attached hydrogen (secondary N) is 1. The van der Waals surface area contributed by atoms with E-state index in [2.05, 4.69) is 66.1 Å². The number of piperazine rings is 1. The molecule has 6 rings (SSSR count). The van der Waals surface area contributed by atoms with Crippen molar-refractivity contribution in [2.45, 2.75) is 25.1 Å². The summed E-state index contributed by atoms with van der Waals surface area (Å²) in [5.74, 6) is 0. The number of benzene rings is 1. The zero-order valence-electron chi connectivity index (χ0n) is 20.3. The number of morpholine rings is 1. The van der Waals surface area contributed by atoms with Crippen LogP contribution in [0.3, 0.4) is 0 Å². The zero-order valence-corrected chi connectivity index (χ0v) is 21.2. The lowest BCUT2D eigenvalue weighted by Gasteiger charge is -2.46. The summed E-state index contributed by atoms with van der Waals surface area (Å²) in [5.41, 5.74) is 3.43. The van der Waals surface area contributed by atoms with Crippen LogP contribution in [0.15, 0.2) is 49.1 Å². The van der Waals surface area contributed by atoms with Crippen LogP contribution in [-0.2, 0) is 4.74 Å². The second-order valence-corrected chi connectivity index (χ2v) is 10.7. The number of hydrogen-bond donors (Lipinski definition) is 1. The highest BCUT2D eigenvalue weighted by molar-refractivity contribution is 7.19. The quantitative estimate of drug-likeness (QED) is 0.381. The molecule has 186 valence electrons. The zero-order chi connectivity index (χ0) is 24.3. The highest BCUT2D eigenvalue weighted by atomic mass is 32.1. The first-order valence-corrected chi connectivity index (χ1v) is 13.6. The van der Waals surface area contributed by atoms with Gasteiger partial charge in [-0.2, -0.15) is 5.26 Å². The van der Waals surface area contributed by atoms with E-state index in [1.807, 2.05) is 23.7 Å². The molecule has 4 aromatic rings. The Morgan fingerprint density at radius 3 is 2.94 bits per heavy atom. The molecule has 0 bridgehead atoms. The fourth-order valence-corrected chi connectivity index (χ4v) is 6.76. The Morgan fingerprint density at radius 2 is 2.08 bits per heavy atom. The monoisotopic (exact) mass is 501 g/mol. The molecule has 0 aliphatic carbocycles. The van der Waals surface area contributed by atoms with Crippen molar-refractivity contribution in [3.05, 3.63) is 59.5 Å². The van der Waals surface area contributed by atoms with Crippen molar-refractivity contribution in [1.29, 1.82) is 5.26 Å². The van der Waals surface area contributed by atoms with Crippen LogP contribution in [0.5, 0.6) is 0 Å². The number of aromatic amines is 1. The minimum Gasteiger partial charge on any atom is -0.371 e. The average molecular weight is 502 g/mol. The molecular formula is C27H31N7OS. The van der Waals surface area contributed by atoms with Crippen LogP contribution in [0.1, 0.15) is 35.6 Å².